The van der Waals surface area contributed by atoms with Gasteiger partial charge < -0.3 is 10.4 Å². The minimum atomic E-state index is -0.884. The quantitative estimate of drug-likeness (QED) is 0.834. The van der Waals surface area contributed by atoms with Crippen molar-refractivity contribution >= 4 is 23.5 Å². The maximum Gasteiger partial charge on any atom is 0.303 e. The molecule has 0 aliphatic rings. The van der Waals surface area contributed by atoms with Crippen molar-refractivity contribution in [2.24, 2.45) is 0 Å². The molecule has 0 spiro atoms. The molecule has 1 rings (SSSR count). The highest BCUT2D eigenvalue weighted by Gasteiger charge is 2.10. The minimum Gasteiger partial charge on any atom is -0.481 e. The van der Waals surface area contributed by atoms with E-state index in [0.717, 1.165) is 5.56 Å². The number of nitrogens with one attached hydrogen (secondary N) is 1. The number of carboxylic acid groups (broad SMARTS) is 1. The van der Waals surface area contributed by atoms with E-state index in [1.807, 2.05) is 19.1 Å². The van der Waals surface area contributed by atoms with E-state index in [1.54, 1.807) is 12.1 Å². The molecule has 0 radical (unpaired) electrons. The molecular formula is C13H16ClNO3. The molecular weight excluding hydrogens is 254 g/mol. The molecule has 0 heterocycles. The summed E-state index contributed by atoms with van der Waals surface area (Å²) in [5.74, 6) is -1.03. The van der Waals surface area contributed by atoms with Crippen LogP contribution in [0.25, 0.3) is 0 Å². The van der Waals surface area contributed by atoms with Gasteiger partial charge in [-0.3, -0.25) is 9.59 Å². The Kier molecular flexibility index (Phi) is 5.65. The number of halogens is 1. The molecule has 0 aliphatic carbocycles. The maximum atomic E-state index is 11.6. The molecule has 5 heteroatoms. The van der Waals surface area contributed by atoms with Crippen molar-refractivity contribution in [2.75, 3.05) is 0 Å². The van der Waals surface area contributed by atoms with Crippen LogP contribution >= 0.6 is 11.6 Å². The van der Waals surface area contributed by atoms with Gasteiger partial charge in [0.25, 0.3) is 0 Å². The fourth-order valence-corrected chi connectivity index (χ4v) is 1.77. The van der Waals surface area contributed by atoms with Crippen molar-refractivity contribution in [1.29, 1.82) is 0 Å². The maximum absolute atomic E-state index is 11.6. The van der Waals surface area contributed by atoms with Crippen molar-refractivity contribution in [1.82, 2.24) is 5.32 Å². The van der Waals surface area contributed by atoms with Crippen LogP contribution in [0.15, 0.2) is 24.3 Å². The molecule has 2 N–H and O–H groups in total. The average molecular weight is 270 g/mol. The molecule has 1 unspecified atom stereocenters. The second-order valence-electron chi connectivity index (χ2n) is 4.09. The Bertz CT molecular complexity index is 434. The Morgan fingerprint density at radius 1 is 1.39 bits per heavy atom. The molecule has 18 heavy (non-hydrogen) atoms. The number of carbonyl (C=O) groups is 2. The van der Waals surface area contributed by atoms with Gasteiger partial charge in [-0.1, -0.05) is 23.7 Å². The minimum absolute atomic E-state index is 0.0129. The number of rotatable bonds is 6. The summed E-state index contributed by atoms with van der Waals surface area (Å²) < 4.78 is 0. The molecule has 0 fully saturated rings. The van der Waals surface area contributed by atoms with Crippen LogP contribution in [0.2, 0.25) is 5.02 Å². The second-order valence-corrected chi connectivity index (χ2v) is 4.53. The van der Waals surface area contributed by atoms with Gasteiger partial charge in [-0.05, 0) is 31.0 Å². The van der Waals surface area contributed by atoms with E-state index < -0.39 is 5.97 Å². The van der Waals surface area contributed by atoms with Crippen molar-refractivity contribution in [3.05, 3.63) is 34.9 Å². The highest BCUT2D eigenvalue weighted by atomic mass is 35.5. The zero-order chi connectivity index (χ0) is 13.5. The Morgan fingerprint density at radius 2 is 2.11 bits per heavy atom. The van der Waals surface area contributed by atoms with Crippen molar-refractivity contribution < 1.29 is 14.7 Å². The number of hydrogen-bond donors (Lipinski definition) is 2. The summed E-state index contributed by atoms with van der Waals surface area (Å²) in [6.45, 7) is 1.86. The van der Waals surface area contributed by atoms with Gasteiger partial charge in [-0.25, -0.2) is 0 Å². The van der Waals surface area contributed by atoms with E-state index in [2.05, 4.69) is 5.32 Å². The van der Waals surface area contributed by atoms with E-state index in [1.165, 1.54) is 0 Å². The van der Waals surface area contributed by atoms with Crippen LogP contribution in [-0.4, -0.2) is 17.0 Å². The highest BCUT2D eigenvalue weighted by molar-refractivity contribution is 6.30. The average Bonchev–Trinajstić information content (AvgIpc) is 2.28. The normalized spacial score (nSPS) is 11.9. The molecule has 0 aliphatic heterocycles. The van der Waals surface area contributed by atoms with Crippen LogP contribution in [-0.2, 0) is 9.59 Å². The van der Waals surface area contributed by atoms with Gasteiger partial charge in [-0.2, -0.15) is 0 Å². The first-order valence-corrected chi connectivity index (χ1v) is 6.13. The van der Waals surface area contributed by atoms with Gasteiger partial charge in [0, 0.05) is 17.9 Å². The lowest BCUT2D eigenvalue weighted by Gasteiger charge is -2.14. The SMILES string of the molecule is CC(NC(=O)CCCC(=O)O)c1cccc(Cl)c1. The molecule has 0 bridgehead atoms. The van der Waals surface area contributed by atoms with E-state index in [-0.39, 0.29) is 24.8 Å². The summed E-state index contributed by atoms with van der Waals surface area (Å²) >= 11 is 5.87. The lowest BCUT2D eigenvalue weighted by molar-refractivity contribution is -0.137. The molecule has 0 saturated carbocycles. The number of hydrogen-bond acceptors (Lipinski definition) is 2. The number of aliphatic carboxylic acids is 1. The van der Waals surface area contributed by atoms with Gasteiger partial charge in [0.15, 0.2) is 0 Å². The van der Waals surface area contributed by atoms with Crippen LogP contribution in [0.3, 0.4) is 0 Å². The zero-order valence-corrected chi connectivity index (χ0v) is 10.9. The third-order valence-electron chi connectivity index (χ3n) is 2.52. The van der Waals surface area contributed by atoms with Crippen LogP contribution in [0.1, 0.15) is 37.8 Å². The predicted molar refractivity (Wildman–Crippen MR) is 69.5 cm³/mol. The fourth-order valence-electron chi connectivity index (χ4n) is 1.57. The first kappa shape index (κ1) is 14.5. The van der Waals surface area contributed by atoms with Gasteiger partial charge >= 0.3 is 5.97 Å². The smallest absolute Gasteiger partial charge is 0.303 e. The zero-order valence-electron chi connectivity index (χ0n) is 10.1. The molecule has 1 amide bonds. The Hall–Kier alpha value is -1.55. The van der Waals surface area contributed by atoms with Crippen LogP contribution in [0.5, 0.6) is 0 Å². The molecule has 98 valence electrons. The standard InChI is InChI=1S/C13H16ClNO3/c1-9(10-4-2-5-11(14)8-10)15-12(16)6-3-7-13(17)18/h2,4-5,8-9H,3,6-7H2,1H3,(H,15,16)(H,17,18). The Labute approximate surface area is 111 Å². The second kappa shape index (κ2) is 7.01. The number of benzene rings is 1. The third kappa shape index (κ3) is 5.19. The number of amides is 1. The van der Waals surface area contributed by atoms with Crippen molar-refractivity contribution in [2.45, 2.75) is 32.2 Å². The van der Waals surface area contributed by atoms with Crippen molar-refractivity contribution in [3.8, 4) is 0 Å². The number of carboxylic acids is 1. The largest absolute Gasteiger partial charge is 0.481 e. The van der Waals surface area contributed by atoms with Crippen LogP contribution < -0.4 is 5.32 Å². The Morgan fingerprint density at radius 3 is 2.72 bits per heavy atom. The third-order valence-corrected chi connectivity index (χ3v) is 2.76. The van der Waals surface area contributed by atoms with Gasteiger partial charge in [0.2, 0.25) is 5.91 Å². The molecule has 1 aromatic carbocycles. The van der Waals surface area contributed by atoms with E-state index in [4.69, 9.17) is 16.7 Å². The van der Waals surface area contributed by atoms with E-state index in [9.17, 15) is 9.59 Å². The van der Waals surface area contributed by atoms with Crippen LogP contribution in [0.4, 0.5) is 0 Å². The van der Waals surface area contributed by atoms with Gasteiger partial charge in [-0.15, -0.1) is 0 Å². The molecule has 1 atom stereocenters. The summed E-state index contributed by atoms with van der Waals surface area (Å²) in [5.41, 5.74) is 0.925. The highest BCUT2D eigenvalue weighted by Crippen LogP contribution is 2.17. The first-order chi connectivity index (χ1) is 8.49. The first-order valence-electron chi connectivity index (χ1n) is 5.75. The lowest BCUT2D eigenvalue weighted by atomic mass is 10.1. The summed E-state index contributed by atoms with van der Waals surface area (Å²) in [6, 6.07) is 7.13. The summed E-state index contributed by atoms with van der Waals surface area (Å²) in [4.78, 5) is 21.9. The summed E-state index contributed by atoms with van der Waals surface area (Å²) in [5, 5.41) is 11.9. The molecule has 4 nitrogen and oxygen atoms in total. The molecule has 1 aromatic rings. The summed E-state index contributed by atoms with van der Waals surface area (Å²) in [7, 11) is 0. The number of carbonyl (C=O) groups excluding carboxylic acids is 1. The van der Waals surface area contributed by atoms with E-state index in [0.29, 0.717) is 11.4 Å². The summed E-state index contributed by atoms with van der Waals surface area (Å²) in [6.07, 6.45) is 0.583. The lowest BCUT2D eigenvalue weighted by Crippen LogP contribution is -2.26. The van der Waals surface area contributed by atoms with Gasteiger partial charge in [0.1, 0.15) is 0 Å². The van der Waals surface area contributed by atoms with Gasteiger partial charge in [0.05, 0.1) is 6.04 Å². The molecule has 0 aromatic heterocycles. The predicted octanol–water partition coefficient (Wildman–Crippen LogP) is 2.77. The van der Waals surface area contributed by atoms with E-state index >= 15 is 0 Å². The topological polar surface area (TPSA) is 66.4 Å². The fraction of sp³-hybridized carbons (Fsp3) is 0.385. The molecule has 0 saturated heterocycles. The van der Waals surface area contributed by atoms with Crippen molar-refractivity contribution in [3.63, 3.8) is 0 Å². The monoisotopic (exact) mass is 269 g/mol. The van der Waals surface area contributed by atoms with Crippen LogP contribution in [0, 0.1) is 0 Å². The Balaban J connectivity index is 2.42.